The zero-order chi connectivity index (χ0) is 17.7. The molecular weight excluding hydrogens is 334 g/mol. The molecule has 0 rings (SSSR count). The van der Waals surface area contributed by atoms with Gasteiger partial charge < -0.3 is 10.5 Å². The topological polar surface area (TPSA) is 52.3 Å². The average Bonchev–Trinajstić information content (AvgIpc) is 2.58. The zero-order valence-corrected chi connectivity index (χ0v) is 17.6. The largest absolute Gasteiger partial charge is 0.466 e. The minimum Gasteiger partial charge on any atom is -0.466 e. The number of hydrogen-bond donors (Lipinski definition) is 1. The Bertz CT molecular complexity index is 262. The first-order valence-electron chi connectivity index (χ1n) is 10.7. The van der Waals surface area contributed by atoms with Crippen LogP contribution < -0.4 is 5.73 Å². The van der Waals surface area contributed by atoms with E-state index in [1.165, 1.54) is 83.5 Å². The second-order valence-corrected chi connectivity index (χ2v) is 7.06. The predicted molar refractivity (Wildman–Crippen MR) is 111 cm³/mol. The SMILES string of the molecule is CCCCCCCCCCCCCCCCCC(=O)OCCCN.Cl. The zero-order valence-electron chi connectivity index (χ0n) is 16.7. The number of hydrogen-bond acceptors (Lipinski definition) is 3. The van der Waals surface area contributed by atoms with E-state index in [1.807, 2.05) is 0 Å². The Morgan fingerprint density at radius 3 is 1.48 bits per heavy atom. The molecule has 0 aromatic rings. The maximum Gasteiger partial charge on any atom is 0.305 e. The monoisotopic (exact) mass is 377 g/mol. The van der Waals surface area contributed by atoms with Gasteiger partial charge in [-0.2, -0.15) is 0 Å². The molecule has 0 fully saturated rings. The third-order valence-corrected chi connectivity index (χ3v) is 4.60. The first-order chi connectivity index (χ1) is 11.8. The lowest BCUT2D eigenvalue weighted by Crippen LogP contribution is -2.09. The number of carbonyl (C=O) groups is 1. The molecule has 4 heteroatoms. The van der Waals surface area contributed by atoms with Crippen molar-refractivity contribution in [3.8, 4) is 0 Å². The summed E-state index contributed by atoms with van der Waals surface area (Å²) in [5.74, 6) is -0.0573. The second kappa shape index (κ2) is 23.7. The third kappa shape index (κ3) is 23.7. The van der Waals surface area contributed by atoms with Crippen molar-refractivity contribution in [2.75, 3.05) is 13.2 Å². The van der Waals surface area contributed by atoms with Gasteiger partial charge in [-0.1, -0.05) is 96.8 Å². The van der Waals surface area contributed by atoms with Crippen molar-refractivity contribution in [3.63, 3.8) is 0 Å². The first-order valence-corrected chi connectivity index (χ1v) is 10.7. The molecule has 0 saturated carbocycles. The summed E-state index contributed by atoms with van der Waals surface area (Å²) in [6.45, 7) is 3.35. The summed E-state index contributed by atoms with van der Waals surface area (Å²) >= 11 is 0. The summed E-state index contributed by atoms with van der Waals surface area (Å²) < 4.78 is 5.08. The van der Waals surface area contributed by atoms with Crippen molar-refractivity contribution in [2.24, 2.45) is 5.73 Å². The molecule has 0 aromatic heterocycles. The molecule has 0 atom stereocenters. The maximum atomic E-state index is 11.4. The minimum absolute atomic E-state index is 0. The molecule has 25 heavy (non-hydrogen) atoms. The van der Waals surface area contributed by atoms with Crippen LogP contribution >= 0.6 is 12.4 Å². The van der Waals surface area contributed by atoms with Crippen molar-refractivity contribution in [1.29, 1.82) is 0 Å². The van der Waals surface area contributed by atoms with Gasteiger partial charge in [0.1, 0.15) is 0 Å². The highest BCUT2D eigenvalue weighted by Crippen LogP contribution is 2.13. The summed E-state index contributed by atoms with van der Waals surface area (Å²) in [6.07, 6.45) is 21.5. The smallest absolute Gasteiger partial charge is 0.305 e. The van der Waals surface area contributed by atoms with Gasteiger partial charge in [0.15, 0.2) is 0 Å². The molecule has 0 amide bonds. The van der Waals surface area contributed by atoms with Crippen molar-refractivity contribution in [1.82, 2.24) is 0 Å². The van der Waals surface area contributed by atoms with Crippen LogP contribution in [0.15, 0.2) is 0 Å². The van der Waals surface area contributed by atoms with Crippen molar-refractivity contribution >= 4 is 18.4 Å². The lowest BCUT2D eigenvalue weighted by atomic mass is 10.0. The fourth-order valence-electron chi connectivity index (χ4n) is 2.98. The first kappa shape index (κ1) is 26.9. The van der Waals surface area contributed by atoms with Gasteiger partial charge in [0.25, 0.3) is 0 Å². The van der Waals surface area contributed by atoms with E-state index in [1.54, 1.807) is 0 Å². The molecule has 0 aliphatic rings. The Morgan fingerprint density at radius 2 is 1.08 bits per heavy atom. The standard InChI is InChI=1S/C21H43NO2.ClH/c1-2-3-4-5-6-7-8-9-10-11-12-13-14-15-16-18-21(23)24-20-17-19-22;/h2-20,22H2,1H3;1H. The van der Waals surface area contributed by atoms with Crippen LogP contribution in [0.2, 0.25) is 0 Å². The van der Waals surface area contributed by atoms with E-state index in [4.69, 9.17) is 10.5 Å². The Balaban J connectivity index is 0. The van der Waals surface area contributed by atoms with Crippen LogP contribution in [0.1, 0.15) is 116 Å². The fourth-order valence-corrected chi connectivity index (χ4v) is 2.98. The van der Waals surface area contributed by atoms with Gasteiger partial charge in [-0.15, -0.1) is 12.4 Å². The summed E-state index contributed by atoms with van der Waals surface area (Å²) in [5, 5.41) is 0. The molecule has 0 heterocycles. The van der Waals surface area contributed by atoms with E-state index in [0.29, 0.717) is 19.6 Å². The quantitative estimate of drug-likeness (QED) is 0.205. The number of unbranched alkanes of at least 4 members (excludes halogenated alkanes) is 14. The second-order valence-electron chi connectivity index (χ2n) is 7.06. The van der Waals surface area contributed by atoms with Crippen molar-refractivity contribution in [3.05, 3.63) is 0 Å². The maximum absolute atomic E-state index is 11.4. The molecule has 0 saturated heterocycles. The molecule has 0 aliphatic carbocycles. The Morgan fingerprint density at radius 1 is 0.680 bits per heavy atom. The average molecular weight is 378 g/mol. The van der Waals surface area contributed by atoms with Gasteiger partial charge in [0, 0.05) is 6.42 Å². The Hall–Kier alpha value is -0.280. The van der Waals surface area contributed by atoms with Crippen LogP contribution in [0.4, 0.5) is 0 Å². The lowest BCUT2D eigenvalue weighted by Gasteiger charge is -2.04. The molecule has 0 aliphatic heterocycles. The third-order valence-electron chi connectivity index (χ3n) is 4.60. The van der Waals surface area contributed by atoms with E-state index in [2.05, 4.69) is 6.92 Å². The van der Waals surface area contributed by atoms with Crippen LogP contribution in [-0.2, 0) is 9.53 Å². The van der Waals surface area contributed by atoms with Crippen LogP contribution in [0.25, 0.3) is 0 Å². The molecule has 0 spiro atoms. The van der Waals surface area contributed by atoms with E-state index in [-0.39, 0.29) is 18.4 Å². The van der Waals surface area contributed by atoms with Crippen molar-refractivity contribution in [2.45, 2.75) is 116 Å². The number of esters is 1. The van der Waals surface area contributed by atoms with Gasteiger partial charge in [-0.25, -0.2) is 0 Å². The van der Waals surface area contributed by atoms with E-state index < -0.39 is 0 Å². The fraction of sp³-hybridized carbons (Fsp3) is 0.952. The number of halogens is 1. The number of rotatable bonds is 19. The molecule has 0 radical (unpaired) electrons. The summed E-state index contributed by atoms with van der Waals surface area (Å²) in [4.78, 5) is 11.4. The van der Waals surface area contributed by atoms with Gasteiger partial charge >= 0.3 is 5.97 Å². The molecular formula is C21H44ClNO2. The molecule has 2 N–H and O–H groups in total. The lowest BCUT2D eigenvalue weighted by molar-refractivity contribution is -0.143. The van der Waals surface area contributed by atoms with E-state index in [9.17, 15) is 4.79 Å². The molecule has 0 bridgehead atoms. The molecule has 152 valence electrons. The van der Waals surface area contributed by atoms with Gasteiger partial charge in [0.05, 0.1) is 6.61 Å². The Labute approximate surface area is 163 Å². The highest BCUT2D eigenvalue weighted by Gasteiger charge is 2.01. The van der Waals surface area contributed by atoms with Gasteiger partial charge in [-0.05, 0) is 19.4 Å². The van der Waals surface area contributed by atoms with Crippen LogP contribution in [0, 0.1) is 0 Å². The van der Waals surface area contributed by atoms with Crippen LogP contribution in [0.3, 0.4) is 0 Å². The van der Waals surface area contributed by atoms with Gasteiger partial charge in [0.2, 0.25) is 0 Å². The summed E-state index contributed by atoms with van der Waals surface area (Å²) in [5.41, 5.74) is 5.36. The molecule has 0 aromatic carbocycles. The number of carbonyl (C=O) groups excluding carboxylic acids is 1. The predicted octanol–water partition coefficient (Wildman–Crippen LogP) is 6.56. The molecule has 0 unspecified atom stereocenters. The van der Waals surface area contributed by atoms with Crippen molar-refractivity contribution < 1.29 is 9.53 Å². The number of nitrogens with two attached hydrogens (primary N) is 1. The van der Waals surface area contributed by atoms with Crippen LogP contribution in [-0.4, -0.2) is 19.1 Å². The summed E-state index contributed by atoms with van der Waals surface area (Å²) in [7, 11) is 0. The Kier molecular flexibility index (Phi) is 25.6. The number of ether oxygens (including phenoxy) is 1. The minimum atomic E-state index is -0.0573. The van der Waals surface area contributed by atoms with Gasteiger partial charge in [-0.3, -0.25) is 4.79 Å². The van der Waals surface area contributed by atoms with E-state index in [0.717, 1.165) is 19.3 Å². The summed E-state index contributed by atoms with van der Waals surface area (Å²) in [6, 6.07) is 0. The highest BCUT2D eigenvalue weighted by atomic mass is 35.5. The van der Waals surface area contributed by atoms with E-state index >= 15 is 0 Å². The highest BCUT2D eigenvalue weighted by molar-refractivity contribution is 5.85. The van der Waals surface area contributed by atoms with Crippen LogP contribution in [0.5, 0.6) is 0 Å². The normalized spacial score (nSPS) is 10.5. The molecule has 3 nitrogen and oxygen atoms in total.